The van der Waals surface area contributed by atoms with Gasteiger partial charge < -0.3 is 4.74 Å². The zero-order chi connectivity index (χ0) is 16.0. The van der Waals surface area contributed by atoms with E-state index < -0.39 is 26.8 Å². The Morgan fingerprint density at radius 1 is 1.57 bits per heavy atom. The van der Waals surface area contributed by atoms with Crippen LogP contribution in [0.3, 0.4) is 0 Å². The Labute approximate surface area is 126 Å². The minimum atomic E-state index is -3.90. The minimum Gasteiger partial charge on any atom is -0.462 e. The molecule has 21 heavy (non-hydrogen) atoms. The van der Waals surface area contributed by atoms with Crippen LogP contribution in [-0.2, 0) is 25.6 Å². The SMILES string of the molecule is CCOC(=O)c1cn[nH]c1S(=O)(=O)NCCC(C)S(C)=O. The molecular weight excluding hydrogens is 318 g/mol. The van der Waals surface area contributed by atoms with Crippen LogP contribution < -0.4 is 4.72 Å². The van der Waals surface area contributed by atoms with Crippen LogP contribution in [0.4, 0.5) is 0 Å². The number of sulfonamides is 1. The van der Waals surface area contributed by atoms with Crippen molar-refractivity contribution in [3.8, 4) is 0 Å². The maximum absolute atomic E-state index is 12.1. The van der Waals surface area contributed by atoms with Crippen molar-refractivity contribution < 1.29 is 22.2 Å². The van der Waals surface area contributed by atoms with Crippen molar-refractivity contribution in [2.75, 3.05) is 19.4 Å². The summed E-state index contributed by atoms with van der Waals surface area (Å²) in [4.78, 5) is 11.6. The van der Waals surface area contributed by atoms with Gasteiger partial charge in [0.15, 0.2) is 5.03 Å². The maximum atomic E-state index is 12.1. The number of carbonyl (C=O) groups is 1. The number of nitrogens with zero attached hydrogens (tertiary/aromatic N) is 1. The van der Waals surface area contributed by atoms with Gasteiger partial charge in [-0.2, -0.15) is 5.10 Å². The van der Waals surface area contributed by atoms with Gasteiger partial charge in [0.05, 0.1) is 12.8 Å². The molecule has 0 aromatic carbocycles. The van der Waals surface area contributed by atoms with E-state index in [2.05, 4.69) is 14.9 Å². The van der Waals surface area contributed by atoms with Gasteiger partial charge in [0.2, 0.25) is 0 Å². The number of rotatable bonds is 8. The number of H-pyrrole nitrogens is 1. The van der Waals surface area contributed by atoms with E-state index in [0.29, 0.717) is 6.42 Å². The molecule has 0 saturated carbocycles. The summed E-state index contributed by atoms with van der Waals surface area (Å²) in [6, 6.07) is 0. The van der Waals surface area contributed by atoms with Gasteiger partial charge in [-0.05, 0) is 13.3 Å². The van der Waals surface area contributed by atoms with Crippen molar-refractivity contribution in [2.24, 2.45) is 0 Å². The molecule has 2 unspecified atom stereocenters. The predicted molar refractivity (Wildman–Crippen MR) is 77.9 cm³/mol. The third-order valence-corrected chi connectivity index (χ3v) is 5.58. The van der Waals surface area contributed by atoms with Crippen LogP contribution in [0.1, 0.15) is 30.6 Å². The van der Waals surface area contributed by atoms with Crippen molar-refractivity contribution in [1.82, 2.24) is 14.9 Å². The maximum Gasteiger partial charge on any atom is 0.342 e. The Bertz CT molecular complexity index is 611. The van der Waals surface area contributed by atoms with Gasteiger partial charge in [-0.15, -0.1) is 0 Å². The van der Waals surface area contributed by atoms with E-state index in [0.717, 1.165) is 6.20 Å². The molecule has 0 amide bonds. The van der Waals surface area contributed by atoms with Crippen LogP contribution >= 0.6 is 0 Å². The summed E-state index contributed by atoms with van der Waals surface area (Å²) < 4.78 is 42.5. The number of esters is 1. The van der Waals surface area contributed by atoms with E-state index in [9.17, 15) is 17.4 Å². The summed E-state index contributed by atoms with van der Waals surface area (Å²) in [5, 5.41) is 5.40. The topological polar surface area (TPSA) is 118 Å². The lowest BCUT2D eigenvalue weighted by Crippen LogP contribution is -2.29. The molecule has 0 aliphatic heterocycles. The number of aromatic nitrogens is 2. The third kappa shape index (κ3) is 4.90. The largest absolute Gasteiger partial charge is 0.462 e. The van der Waals surface area contributed by atoms with Crippen molar-refractivity contribution in [2.45, 2.75) is 30.5 Å². The van der Waals surface area contributed by atoms with Crippen molar-refractivity contribution in [1.29, 1.82) is 0 Å². The van der Waals surface area contributed by atoms with Crippen LogP contribution in [0.25, 0.3) is 0 Å². The molecule has 0 saturated heterocycles. The molecule has 10 heteroatoms. The Morgan fingerprint density at radius 2 is 2.24 bits per heavy atom. The standard InChI is InChI=1S/C11H19N3O5S2/c1-4-19-11(15)9-7-12-14-10(9)21(17,18)13-6-5-8(2)20(3)16/h7-8,13H,4-6H2,1-3H3,(H,12,14). The Kier molecular flexibility index (Phi) is 6.49. The first kappa shape index (κ1) is 17.8. The molecule has 120 valence electrons. The quantitative estimate of drug-likeness (QED) is 0.646. The number of nitrogens with one attached hydrogen (secondary N) is 2. The van der Waals surface area contributed by atoms with Crippen molar-refractivity contribution in [3.05, 3.63) is 11.8 Å². The van der Waals surface area contributed by atoms with Crippen molar-refractivity contribution >= 4 is 26.8 Å². The third-order valence-electron chi connectivity index (χ3n) is 2.78. The van der Waals surface area contributed by atoms with E-state index >= 15 is 0 Å². The van der Waals surface area contributed by atoms with Crippen LogP contribution in [0.5, 0.6) is 0 Å². The summed E-state index contributed by atoms with van der Waals surface area (Å²) in [7, 11) is -4.92. The average Bonchev–Trinajstić information content (AvgIpc) is 2.88. The zero-order valence-corrected chi connectivity index (χ0v) is 13.7. The number of aromatic amines is 1. The first-order chi connectivity index (χ1) is 9.79. The molecule has 2 atom stereocenters. The van der Waals surface area contributed by atoms with Gasteiger partial charge in [0.1, 0.15) is 5.56 Å². The highest BCUT2D eigenvalue weighted by Gasteiger charge is 2.25. The summed E-state index contributed by atoms with van der Waals surface area (Å²) in [6.45, 7) is 3.64. The van der Waals surface area contributed by atoms with E-state index in [-0.39, 0.29) is 29.0 Å². The Hall–Kier alpha value is -1.26. The molecule has 0 aliphatic rings. The highest BCUT2D eigenvalue weighted by atomic mass is 32.2. The molecule has 1 aromatic heterocycles. The van der Waals surface area contributed by atoms with Gasteiger partial charge in [0.25, 0.3) is 10.0 Å². The fourth-order valence-electron chi connectivity index (χ4n) is 1.47. The molecule has 0 bridgehead atoms. The first-order valence-corrected chi connectivity index (χ1v) is 9.42. The van der Waals surface area contributed by atoms with Gasteiger partial charge in [-0.25, -0.2) is 17.9 Å². The summed E-state index contributed by atoms with van der Waals surface area (Å²) in [5.41, 5.74) is -0.142. The highest BCUT2D eigenvalue weighted by Crippen LogP contribution is 2.13. The first-order valence-electron chi connectivity index (χ1n) is 6.32. The van der Waals surface area contributed by atoms with E-state index in [1.54, 1.807) is 20.1 Å². The molecule has 2 N–H and O–H groups in total. The second-order valence-corrected chi connectivity index (χ2v) is 7.83. The summed E-state index contributed by atoms with van der Waals surface area (Å²) in [6.07, 6.45) is 3.09. The highest BCUT2D eigenvalue weighted by molar-refractivity contribution is 7.89. The molecule has 0 aliphatic carbocycles. The fourth-order valence-corrected chi connectivity index (χ4v) is 3.05. The van der Waals surface area contributed by atoms with E-state index in [1.165, 1.54) is 0 Å². The average molecular weight is 337 g/mol. The van der Waals surface area contributed by atoms with E-state index in [4.69, 9.17) is 4.74 Å². The number of hydrogen-bond acceptors (Lipinski definition) is 6. The molecule has 0 radical (unpaired) electrons. The Morgan fingerprint density at radius 3 is 2.81 bits per heavy atom. The lowest BCUT2D eigenvalue weighted by atomic mass is 10.3. The lowest BCUT2D eigenvalue weighted by molar-refractivity contribution is 0.0522. The second kappa shape index (κ2) is 7.66. The van der Waals surface area contributed by atoms with Gasteiger partial charge in [0, 0.05) is 28.9 Å². The molecule has 0 spiro atoms. The molecule has 0 fully saturated rings. The van der Waals surface area contributed by atoms with Crippen LogP contribution in [0.2, 0.25) is 0 Å². The van der Waals surface area contributed by atoms with Gasteiger partial charge in [-0.3, -0.25) is 9.31 Å². The van der Waals surface area contributed by atoms with Crippen LogP contribution in [0.15, 0.2) is 11.2 Å². The van der Waals surface area contributed by atoms with Crippen LogP contribution in [0, 0.1) is 0 Å². The van der Waals surface area contributed by atoms with E-state index in [1.807, 2.05) is 0 Å². The summed E-state index contributed by atoms with van der Waals surface area (Å²) in [5.74, 6) is -0.755. The lowest BCUT2D eigenvalue weighted by Gasteiger charge is -2.09. The summed E-state index contributed by atoms with van der Waals surface area (Å²) >= 11 is 0. The van der Waals surface area contributed by atoms with Crippen LogP contribution in [-0.4, -0.2) is 53.5 Å². The van der Waals surface area contributed by atoms with Crippen molar-refractivity contribution in [3.63, 3.8) is 0 Å². The normalized spacial score (nSPS) is 14.6. The fraction of sp³-hybridized carbons (Fsp3) is 0.636. The molecule has 8 nitrogen and oxygen atoms in total. The van der Waals surface area contributed by atoms with Gasteiger partial charge >= 0.3 is 5.97 Å². The zero-order valence-electron chi connectivity index (χ0n) is 12.1. The molecule has 1 heterocycles. The Balaban J connectivity index is 2.78. The van der Waals surface area contributed by atoms with Gasteiger partial charge in [-0.1, -0.05) is 6.92 Å². The minimum absolute atomic E-state index is 0.115. The monoisotopic (exact) mass is 337 g/mol. The predicted octanol–water partition coefficient (Wildman–Crippen LogP) is 0.0218. The second-order valence-electron chi connectivity index (χ2n) is 4.33. The number of ether oxygens (including phenoxy) is 1. The molecule has 1 aromatic rings. The smallest absolute Gasteiger partial charge is 0.342 e. The number of hydrogen-bond donors (Lipinski definition) is 2. The number of carbonyl (C=O) groups excluding carboxylic acids is 1. The molecular formula is C11H19N3O5S2. The molecule has 1 rings (SSSR count).